The fourth-order valence-corrected chi connectivity index (χ4v) is 4.81. The molecule has 28 heavy (non-hydrogen) atoms. The number of carbonyl (C=O) groups excluding carboxylic acids is 1. The van der Waals surface area contributed by atoms with Crippen LogP contribution in [0.5, 0.6) is 0 Å². The zero-order valence-electron chi connectivity index (χ0n) is 15.1. The molecule has 1 nitrogen and oxygen atoms in total. The van der Waals surface area contributed by atoms with Gasteiger partial charge in [0.15, 0.2) is 5.78 Å². The average Bonchev–Trinajstić information content (AvgIpc) is 3.30. The first-order valence-electron chi connectivity index (χ1n) is 8.98. The quantitative estimate of drug-likeness (QED) is 0.335. The van der Waals surface area contributed by atoms with Crippen molar-refractivity contribution >= 4 is 34.9 Å². The molecule has 0 fully saturated rings. The monoisotopic (exact) mass is 398 g/mol. The van der Waals surface area contributed by atoms with Crippen LogP contribution in [0.15, 0.2) is 118 Å². The predicted molar refractivity (Wildman–Crippen MR) is 122 cm³/mol. The molecule has 1 aliphatic heterocycles. The number of allylic oxidation sites excluding steroid dienone is 2. The van der Waals surface area contributed by atoms with Crippen molar-refractivity contribution in [2.24, 2.45) is 0 Å². The molecule has 0 aliphatic carbocycles. The maximum atomic E-state index is 13.4. The summed E-state index contributed by atoms with van der Waals surface area (Å²) >= 11 is 3.20. The maximum absolute atomic E-state index is 13.4. The van der Waals surface area contributed by atoms with Gasteiger partial charge in [-0.05, 0) is 33.6 Å². The molecule has 0 saturated heterocycles. The van der Waals surface area contributed by atoms with E-state index in [-0.39, 0.29) is 5.78 Å². The molecule has 0 atom stereocenters. The van der Waals surface area contributed by atoms with E-state index in [1.807, 2.05) is 83.6 Å². The van der Waals surface area contributed by atoms with Gasteiger partial charge in [0.05, 0.1) is 4.24 Å². The third-order valence-corrected chi connectivity index (χ3v) is 6.53. The first-order valence-corrected chi connectivity index (χ1v) is 10.7. The zero-order chi connectivity index (χ0) is 19.2. The van der Waals surface area contributed by atoms with Crippen LogP contribution in [0, 0.1) is 0 Å². The fraction of sp³-hybridized carbons (Fsp3) is 0. The number of thioether (sulfide) groups is 2. The minimum atomic E-state index is 0.0451. The van der Waals surface area contributed by atoms with Gasteiger partial charge in [-0.3, -0.25) is 4.79 Å². The standard InChI is InChI=1S/C25H18OS2/c26-24(21-14-8-3-9-15-21)23(25-27-16-17-28-25)18-22(19-10-4-1-5-11-19)20-12-6-2-7-13-20/h1-18H. The molecule has 0 unspecified atom stereocenters. The second kappa shape index (κ2) is 8.96. The van der Waals surface area contributed by atoms with E-state index in [4.69, 9.17) is 0 Å². The fourth-order valence-electron chi connectivity index (χ4n) is 3.01. The third-order valence-electron chi connectivity index (χ3n) is 4.36. The highest BCUT2D eigenvalue weighted by Crippen LogP contribution is 2.42. The summed E-state index contributed by atoms with van der Waals surface area (Å²) in [7, 11) is 0. The first kappa shape index (κ1) is 18.6. The number of carbonyl (C=O) groups is 1. The third kappa shape index (κ3) is 4.22. The average molecular weight is 399 g/mol. The molecule has 0 saturated carbocycles. The van der Waals surface area contributed by atoms with E-state index < -0.39 is 0 Å². The lowest BCUT2D eigenvalue weighted by Crippen LogP contribution is -2.04. The Kier molecular flexibility index (Phi) is 5.95. The highest BCUT2D eigenvalue weighted by molar-refractivity contribution is 8.27. The van der Waals surface area contributed by atoms with Crippen molar-refractivity contribution in [3.8, 4) is 0 Å². The molecule has 0 bridgehead atoms. The van der Waals surface area contributed by atoms with Crippen LogP contribution in [0.25, 0.3) is 5.57 Å². The van der Waals surface area contributed by atoms with Crippen molar-refractivity contribution in [1.82, 2.24) is 0 Å². The lowest BCUT2D eigenvalue weighted by Gasteiger charge is -2.12. The summed E-state index contributed by atoms with van der Waals surface area (Å²) in [5.74, 6) is 0.0451. The van der Waals surface area contributed by atoms with Gasteiger partial charge in [-0.2, -0.15) is 0 Å². The summed E-state index contributed by atoms with van der Waals surface area (Å²) < 4.78 is 1.01. The van der Waals surface area contributed by atoms with E-state index in [9.17, 15) is 4.79 Å². The SMILES string of the molecule is O=C(C(C=C(c1ccccc1)c1ccccc1)=C1SC=CS1)c1ccccc1. The Bertz CT molecular complexity index is 998. The van der Waals surface area contributed by atoms with Gasteiger partial charge in [-0.15, -0.1) is 0 Å². The van der Waals surface area contributed by atoms with Crippen molar-refractivity contribution in [3.05, 3.63) is 134 Å². The summed E-state index contributed by atoms with van der Waals surface area (Å²) in [4.78, 5) is 13.4. The second-order valence-corrected chi connectivity index (χ2v) is 8.28. The number of ketones is 1. The molecular weight excluding hydrogens is 380 g/mol. The van der Waals surface area contributed by atoms with Gasteiger partial charge in [0.1, 0.15) is 0 Å². The number of benzene rings is 3. The molecule has 4 rings (SSSR count). The Balaban J connectivity index is 1.88. The highest BCUT2D eigenvalue weighted by Gasteiger charge is 2.19. The van der Waals surface area contributed by atoms with E-state index in [2.05, 4.69) is 24.3 Å². The van der Waals surface area contributed by atoms with Crippen molar-refractivity contribution in [2.75, 3.05) is 0 Å². The summed E-state index contributed by atoms with van der Waals surface area (Å²) in [6, 6.07) is 29.9. The molecule has 3 aromatic carbocycles. The van der Waals surface area contributed by atoms with Crippen molar-refractivity contribution in [2.45, 2.75) is 0 Å². The van der Waals surface area contributed by atoms with Crippen LogP contribution in [-0.4, -0.2) is 5.78 Å². The summed E-state index contributed by atoms with van der Waals surface area (Å²) in [6.45, 7) is 0. The number of hydrogen-bond acceptors (Lipinski definition) is 3. The van der Waals surface area contributed by atoms with Crippen molar-refractivity contribution in [1.29, 1.82) is 0 Å². The summed E-state index contributed by atoms with van der Waals surface area (Å²) in [6.07, 6.45) is 2.04. The molecule has 136 valence electrons. The minimum absolute atomic E-state index is 0.0451. The van der Waals surface area contributed by atoms with Crippen LogP contribution in [-0.2, 0) is 0 Å². The molecule has 3 aromatic rings. The number of rotatable bonds is 5. The van der Waals surface area contributed by atoms with E-state index in [1.54, 1.807) is 23.5 Å². The van der Waals surface area contributed by atoms with Crippen LogP contribution >= 0.6 is 23.5 Å². The number of hydrogen-bond donors (Lipinski definition) is 0. The molecular formula is C25H18OS2. The lowest BCUT2D eigenvalue weighted by molar-refractivity contribution is 0.103. The van der Waals surface area contributed by atoms with Gasteiger partial charge < -0.3 is 0 Å². The Hall–Kier alpha value is -2.75. The summed E-state index contributed by atoms with van der Waals surface area (Å²) in [5, 5.41) is 4.05. The van der Waals surface area contributed by atoms with E-state index in [1.165, 1.54) is 0 Å². The lowest BCUT2D eigenvalue weighted by atomic mass is 9.94. The highest BCUT2D eigenvalue weighted by atomic mass is 32.2. The Morgan fingerprint density at radius 2 is 1.04 bits per heavy atom. The summed E-state index contributed by atoms with van der Waals surface area (Å²) in [5.41, 5.74) is 4.66. The topological polar surface area (TPSA) is 17.1 Å². The molecule has 1 aliphatic rings. The first-order chi connectivity index (χ1) is 13.8. The second-order valence-electron chi connectivity index (χ2n) is 6.19. The molecule has 0 amide bonds. The Morgan fingerprint density at radius 3 is 1.50 bits per heavy atom. The molecule has 0 aromatic heterocycles. The maximum Gasteiger partial charge on any atom is 0.194 e. The van der Waals surface area contributed by atoms with Crippen molar-refractivity contribution < 1.29 is 4.79 Å². The number of Topliss-reactive ketones (excluding diaryl/α,β-unsaturated/α-hetero) is 1. The van der Waals surface area contributed by atoms with Crippen LogP contribution in [0.1, 0.15) is 21.5 Å². The van der Waals surface area contributed by atoms with Crippen LogP contribution in [0.2, 0.25) is 0 Å². The Morgan fingerprint density at radius 1 is 0.607 bits per heavy atom. The van der Waals surface area contributed by atoms with Crippen LogP contribution < -0.4 is 0 Å². The Labute approximate surface area is 173 Å². The minimum Gasteiger partial charge on any atom is -0.289 e. The normalized spacial score (nSPS) is 12.6. The predicted octanol–water partition coefficient (Wildman–Crippen LogP) is 7.16. The molecule has 3 heteroatoms. The molecule has 0 spiro atoms. The molecule has 0 radical (unpaired) electrons. The van der Waals surface area contributed by atoms with Crippen LogP contribution in [0.3, 0.4) is 0 Å². The van der Waals surface area contributed by atoms with Gasteiger partial charge in [-0.1, -0.05) is 115 Å². The van der Waals surface area contributed by atoms with Crippen LogP contribution in [0.4, 0.5) is 0 Å². The van der Waals surface area contributed by atoms with E-state index in [0.29, 0.717) is 5.56 Å². The van der Waals surface area contributed by atoms with Gasteiger partial charge in [0.25, 0.3) is 0 Å². The smallest absolute Gasteiger partial charge is 0.194 e. The molecule has 1 heterocycles. The molecule has 0 N–H and O–H groups in total. The van der Waals surface area contributed by atoms with Gasteiger partial charge in [0.2, 0.25) is 0 Å². The zero-order valence-corrected chi connectivity index (χ0v) is 16.8. The van der Waals surface area contributed by atoms with Gasteiger partial charge >= 0.3 is 0 Å². The van der Waals surface area contributed by atoms with Crippen molar-refractivity contribution in [3.63, 3.8) is 0 Å². The van der Waals surface area contributed by atoms with E-state index >= 15 is 0 Å². The van der Waals surface area contributed by atoms with E-state index in [0.717, 1.165) is 26.5 Å². The largest absolute Gasteiger partial charge is 0.289 e. The van der Waals surface area contributed by atoms with Gasteiger partial charge in [-0.25, -0.2) is 0 Å². The van der Waals surface area contributed by atoms with Gasteiger partial charge in [0, 0.05) is 11.1 Å².